The largest absolute Gasteiger partial charge is 0.395 e. The van der Waals surface area contributed by atoms with Crippen molar-refractivity contribution in [1.82, 2.24) is 24.5 Å². The fourth-order valence-corrected chi connectivity index (χ4v) is 2.60. The SMILES string of the molecule is OCCNc1nc(Nc2ccncc2)nc2c1ncn2-c1ccccc1. The van der Waals surface area contributed by atoms with Crippen molar-refractivity contribution in [2.45, 2.75) is 0 Å². The summed E-state index contributed by atoms with van der Waals surface area (Å²) in [5.74, 6) is 0.997. The van der Waals surface area contributed by atoms with Crippen LogP contribution in [0.4, 0.5) is 17.5 Å². The highest BCUT2D eigenvalue weighted by atomic mass is 16.3. The van der Waals surface area contributed by atoms with Gasteiger partial charge in [-0.2, -0.15) is 9.97 Å². The average molecular weight is 347 g/mol. The molecule has 130 valence electrons. The monoisotopic (exact) mass is 347 g/mol. The number of aliphatic hydroxyl groups excluding tert-OH is 1. The van der Waals surface area contributed by atoms with Crippen molar-refractivity contribution in [3.63, 3.8) is 0 Å². The maximum atomic E-state index is 9.13. The fraction of sp³-hybridized carbons (Fsp3) is 0.111. The van der Waals surface area contributed by atoms with Crippen LogP contribution >= 0.6 is 0 Å². The van der Waals surface area contributed by atoms with Gasteiger partial charge >= 0.3 is 0 Å². The van der Waals surface area contributed by atoms with Gasteiger partial charge in [-0.15, -0.1) is 0 Å². The van der Waals surface area contributed by atoms with E-state index in [-0.39, 0.29) is 6.61 Å². The third-order valence-corrected chi connectivity index (χ3v) is 3.77. The zero-order valence-corrected chi connectivity index (χ0v) is 13.9. The van der Waals surface area contributed by atoms with Crippen molar-refractivity contribution in [1.29, 1.82) is 0 Å². The molecule has 8 nitrogen and oxygen atoms in total. The first kappa shape index (κ1) is 16.0. The van der Waals surface area contributed by atoms with E-state index in [1.807, 2.05) is 47.0 Å². The van der Waals surface area contributed by atoms with Gasteiger partial charge in [0, 0.05) is 30.3 Å². The normalized spacial score (nSPS) is 10.8. The van der Waals surface area contributed by atoms with Gasteiger partial charge in [0.2, 0.25) is 5.95 Å². The number of anilines is 3. The maximum Gasteiger partial charge on any atom is 0.231 e. The molecule has 3 N–H and O–H groups in total. The second kappa shape index (κ2) is 7.16. The summed E-state index contributed by atoms with van der Waals surface area (Å²) in [6.07, 6.45) is 5.11. The van der Waals surface area contributed by atoms with Crippen molar-refractivity contribution in [3.05, 3.63) is 61.2 Å². The Bertz CT molecular complexity index is 1000. The first-order chi connectivity index (χ1) is 12.8. The highest BCUT2D eigenvalue weighted by Gasteiger charge is 2.14. The van der Waals surface area contributed by atoms with E-state index in [1.54, 1.807) is 18.7 Å². The van der Waals surface area contributed by atoms with Gasteiger partial charge in [-0.1, -0.05) is 18.2 Å². The van der Waals surface area contributed by atoms with E-state index in [0.717, 1.165) is 11.4 Å². The number of benzene rings is 1. The second-order valence-electron chi connectivity index (χ2n) is 5.53. The van der Waals surface area contributed by atoms with Gasteiger partial charge in [-0.3, -0.25) is 9.55 Å². The summed E-state index contributed by atoms with van der Waals surface area (Å²) < 4.78 is 1.90. The Morgan fingerprint density at radius 2 is 1.81 bits per heavy atom. The number of imidazole rings is 1. The maximum absolute atomic E-state index is 9.13. The quantitative estimate of drug-likeness (QED) is 0.492. The molecule has 4 aromatic rings. The molecule has 0 fully saturated rings. The molecule has 0 aliphatic rings. The Morgan fingerprint density at radius 3 is 2.58 bits per heavy atom. The highest BCUT2D eigenvalue weighted by molar-refractivity contribution is 5.85. The summed E-state index contributed by atoms with van der Waals surface area (Å²) >= 11 is 0. The smallest absolute Gasteiger partial charge is 0.231 e. The standard InChI is InChI=1S/C18H17N7O/c26-11-10-20-16-15-17(25(12-21-15)14-4-2-1-3-5-14)24-18(23-16)22-13-6-8-19-9-7-13/h1-9,12,26H,10-11H2,(H2,19,20,22,23,24). The molecular weight excluding hydrogens is 330 g/mol. The topological polar surface area (TPSA) is 101 Å². The van der Waals surface area contributed by atoms with E-state index in [9.17, 15) is 0 Å². The number of hydrogen-bond acceptors (Lipinski definition) is 7. The summed E-state index contributed by atoms with van der Waals surface area (Å²) in [4.78, 5) is 17.6. The molecule has 3 aromatic heterocycles. The Morgan fingerprint density at radius 1 is 1.00 bits per heavy atom. The number of fused-ring (bicyclic) bond motifs is 1. The van der Waals surface area contributed by atoms with Crippen LogP contribution in [0, 0.1) is 0 Å². The van der Waals surface area contributed by atoms with Crippen LogP contribution in [0.2, 0.25) is 0 Å². The third kappa shape index (κ3) is 3.17. The predicted molar refractivity (Wildman–Crippen MR) is 99.8 cm³/mol. The van der Waals surface area contributed by atoms with Gasteiger partial charge in [0.1, 0.15) is 6.33 Å². The van der Waals surface area contributed by atoms with Gasteiger partial charge in [-0.05, 0) is 24.3 Å². The molecule has 1 aromatic carbocycles. The number of hydrogen-bond donors (Lipinski definition) is 3. The lowest BCUT2D eigenvalue weighted by Gasteiger charge is -2.10. The first-order valence-corrected chi connectivity index (χ1v) is 8.17. The fourth-order valence-electron chi connectivity index (χ4n) is 2.60. The lowest BCUT2D eigenvalue weighted by molar-refractivity contribution is 0.311. The molecule has 0 unspecified atom stereocenters. The van der Waals surface area contributed by atoms with Crippen molar-refractivity contribution < 1.29 is 5.11 Å². The molecular formula is C18H17N7O. The summed E-state index contributed by atoms with van der Waals surface area (Å²) in [6, 6.07) is 13.5. The molecule has 3 heterocycles. The lowest BCUT2D eigenvalue weighted by atomic mass is 10.3. The molecule has 0 amide bonds. The van der Waals surface area contributed by atoms with Crippen LogP contribution in [0.25, 0.3) is 16.9 Å². The van der Waals surface area contributed by atoms with E-state index >= 15 is 0 Å². The van der Waals surface area contributed by atoms with E-state index in [0.29, 0.717) is 29.5 Å². The van der Waals surface area contributed by atoms with E-state index < -0.39 is 0 Å². The molecule has 0 aliphatic heterocycles. The molecule has 0 saturated heterocycles. The van der Waals surface area contributed by atoms with Gasteiger partial charge in [0.05, 0.1) is 6.61 Å². The van der Waals surface area contributed by atoms with E-state index in [2.05, 4.69) is 30.6 Å². The van der Waals surface area contributed by atoms with Crippen LogP contribution in [-0.2, 0) is 0 Å². The third-order valence-electron chi connectivity index (χ3n) is 3.77. The van der Waals surface area contributed by atoms with Crippen molar-refractivity contribution in [2.24, 2.45) is 0 Å². The summed E-state index contributed by atoms with van der Waals surface area (Å²) in [5, 5.41) is 15.4. The minimum atomic E-state index is -0.00198. The molecule has 0 saturated carbocycles. The molecule has 0 aliphatic carbocycles. The number of nitrogens with zero attached hydrogens (tertiary/aromatic N) is 5. The summed E-state index contributed by atoms with van der Waals surface area (Å²) in [7, 11) is 0. The van der Waals surface area contributed by atoms with E-state index in [1.165, 1.54) is 0 Å². The zero-order valence-electron chi connectivity index (χ0n) is 13.9. The Balaban J connectivity index is 1.82. The Kier molecular flexibility index (Phi) is 4.40. The lowest BCUT2D eigenvalue weighted by Crippen LogP contribution is -2.10. The number of aliphatic hydroxyl groups is 1. The summed E-state index contributed by atoms with van der Waals surface area (Å²) in [6.45, 7) is 0.372. The van der Waals surface area contributed by atoms with Crippen LogP contribution in [0.5, 0.6) is 0 Å². The van der Waals surface area contributed by atoms with Crippen LogP contribution < -0.4 is 10.6 Å². The van der Waals surface area contributed by atoms with E-state index in [4.69, 9.17) is 5.11 Å². The summed E-state index contributed by atoms with van der Waals surface area (Å²) in [5.41, 5.74) is 3.10. The molecule has 26 heavy (non-hydrogen) atoms. The van der Waals surface area contributed by atoms with Gasteiger partial charge < -0.3 is 15.7 Å². The molecule has 8 heteroatoms. The van der Waals surface area contributed by atoms with Crippen molar-refractivity contribution in [3.8, 4) is 5.69 Å². The second-order valence-corrected chi connectivity index (χ2v) is 5.53. The molecule has 0 bridgehead atoms. The predicted octanol–water partition coefficient (Wildman–Crippen LogP) is 2.36. The molecule has 0 atom stereocenters. The number of nitrogens with one attached hydrogen (secondary N) is 2. The highest BCUT2D eigenvalue weighted by Crippen LogP contribution is 2.24. The van der Waals surface area contributed by atoms with Crippen LogP contribution in [0.3, 0.4) is 0 Å². The Labute approximate surface area is 149 Å². The minimum absolute atomic E-state index is 0.00198. The van der Waals surface area contributed by atoms with Crippen LogP contribution in [-0.4, -0.2) is 42.8 Å². The minimum Gasteiger partial charge on any atom is -0.395 e. The molecule has 4 rings (SSSR count). The number of para-hydroxylation sites is 1. The molecule has 0 spiro atoms. The van der Waals surface area contributed by atoms with Crippen LogP contribution in [0.1, 0.15) is 0 Å². The number of rotatable bonds is 6. The van der Waals surface area contributed by atoms with Crippen molar-refractivity contribution in [2.75, 3.05) is 23.8 Å². The van der Waals surface area contributed by atoms with Gasteiger partial charge in [0.15, 0.2) is 17.0 Å². The first-order valence-electron chi connectivity index (χ1n) is 8.17. The average Bonchev–Trinajstić information content (AvgIpc) is 3.12. The van der Waals surface area contributed by atoms with Crippen LogP contribution in [0.15, 0.2) is 61.2 Å². The zero-order chi connectivity index (χ0) is 17.8. The molecule has 0 radical (unpaired) electrons. The van der Waals surface area contributed by atoms with Gasteiger partial charge in [0.25, 0.3) is 0 Å². The van der Waals surface area contributed by atoms with Crippen molar-refractivity contribution >= 4 is 28.6 Å². The Hall–Kier alpha value is -3.52. The van der Waals surface area contributed by atoms with Gasteiger partial charge in [-0.25, -0.2) is 4.98 Å². The number of pyridine rings is 1. The number of aromatic nitrogens is 5.